The van der Waals surface area contributed by atoms with E-state index in [0.717, 1.165) is 25.7 Å². The zero-order valence-electron chi connectivity index (χ0n) is 9.45. The van der Waals surface area contributed by atoms with Gasteiger partial charge in [-0.05, 0) is 32.1 Å². The van der Waals surface area contributed by atoms with Crippen molar-refractivity contribution in [2.24, 2.45) is 5.92 Å². The molecular formula is C12H19NO3. The lowest BCUT2D eigenvalue weighted by atomic mass is 9.94. The van der Waals surface area contributed by atoms with Gasteiger partial charge in [-0.25, -0.2) is 0 Å². The molecule has 1 aliphatic rings. The largest absolute Gasteiger partial charge is 0.481 e. The molecule has 0 bridgehead atoms. The van der Waals surface area contributed by atoms with Gasteiger partial charge in [-0.15, -0.1) is 0 Å². The number of amides is 1. The van der Waals surface area contributed by atoms with E-state index in [1.54, 1.807) is 0 Å². The fraction of sp³-hybridized carbons (Fsp3) is 0.667. The summed E-state index contributed by atoms with van der Waals surface area (Å²) < 4.78 is 0. The molecule has 0 aliphatic heterocycles. The third kappa shape index (κ3) is 4.96. The molecule has 0 unspecified atom stereocenters. The number of hydrogen-bond donors (Lipinski definition) is 2. The minimum absolute atomic E-state index is 0.111. The lowest BCUT2D eigenvalue weighted by Crippen LogP contribution is -2.31. The van der Waals surface area contributed by atoms with E-state index >= 15 is 0 Å². The maximum atomic E-state index is 11.6. The van der Waals surface area contributed by atoms with Crippen molar-refractivity contribution < 1.29 is 14.7 Å². The molecule has 1 aliphatic carbocycles. The quantitative estimate of drug-likeness (QED) is 0.534. The molecule has 1 amide bonds. The van der Waals surface area contributed by atoms with E-state index in [1.807, 2.05) is 0 Å². The first-order chi connectivity index (χ1) is 7.70. The van der Waals surface area contributed by atoms with Gasteiger partial charge in [0.15, 0.2) is 0 Å². The van der Waals surface area contributed by atoms with Gasteiger partial charge in [0, 0.05) is 18.9 Å². The molecule has 0 aromatic heterocycles. The molecule has 0 saturated heterocycles. The van der Waals surface area contributed by atoms with E-state index in [2.05, 4.69) is 17.5 Å². The summed E-state index contributed by atoms with van der Waals surface area (Å²) in [5.74, 6) is -0.548. The summed E-state index contributed by atoms with van der Waals surface area (Å²) >= 11 is 0. The minimum atomic E-state index is -0.774. The Hall–Kier alpha value is -1.32. The van der Waals surface area contributed by atoms with Crippen LogP contribution in [0.2, 0.25) is 0 Å². The van der Waals surface area contributed by atoms with Crippen LogP contribution in [-0.4, -0.2) is 23.5 Å². The molecule has 0 radical (unpaired) electrons. The standard InChI is InChI=1S/C12H19NO3/c14-11(15)8-4-5-9-13-12(16)10-6-2-1-3-7-10/h1-2,10H,3-9H2,(H,13,16)(H,14,15)/t10-/m0/s1. The second-order valence-corrected chi connectivity index (χ2v) is 4.12. The Morgan fingerprint density at radius 3 is 2.75 bits per heavy atom. The van der Waals surface area contributed by atoms with Crippen molar-refractivity contribution in [1.29, 1.82) is 0 Å². The zero-order chi connectivity index (χ0) is 11.8. The van der Waals surface area contributed by atoms with Gasteiger partial charge in [-0.1, -0.05) is 12.2 Å². The Balaban J connectivity index is 2.06. The lowest BCUT2D eigenvalue weighted by Gasteiger charge is -2.17. The summed E-state index contributed by atoms with van der Waals surface area (Å²) in [6, 6.07) is 0. The molecule has 16 heavy (non-hydrogen) atoms. The Morgan fingerprint density at radius 1 is 1.31 bits per heavy atom. The molecule has 4 heteroatoms. The topological polar surface area (TPSA) is 66.4 Å². The predicted molar refractivity (Wildman–Crippen MR) is 61.0 cm³/mol. The average Bonchev–Trinajstić information content (AvgIpc) is 2.29. The number of carboxylic acid groups (broad SMARTS) is 1. The highest BCUT2D eigenvalue weighted by Gasteiger charge is 2.17. The van der Waals surface area contributed by atoms with Crippen LogP contribution in [-0.2, 0) is 9.59 Å². The van der Waals surface area contributed by atoms with E-state index < -0.39 is 5.97 Å². The van der Waals surface area contributed by atoms with Gasteiger partial charge in [0.2, 0.25) is 5.91 Å². The smallest absolute Gasteiger partial charge is 0.303 e. The number of hydrogen-bond acceptors (Lipinski definition) is 2. The van der Waals surface area contributed by atoms with Crippen LogP contribution in [0, 0.1) is 5.92 Å². The van der Waals surface area contributed by atoms with E-state index in [-0.39, 0.29) is 18.2 Å². The van der Waals surface area contributed by atoms with Crippen LogP contribution in [0.15, 0.2) is 12.2 Å². The first-order valence-electron chi connectivity index (χ1n) is 5.84. The van der Waals surface area contributed by atoms with Crippen LogP contribution in [0.3, 0.4) is 0 Å². The number of carbonyl (C=O) groups is 2. The summed E-state index contributed by atoms with van der Waals surface area (Å²) in [6.07, 6.45) is 8.45. The molecule has 0 aromatic rings. The van der Waals surface area contributed by atoms with Crippen molar-refractivity contribution in [3.05, 3.63) is 12.2 Å². The van der Waals surface area contributed by atoms with E-state index in [4.69, 9.17) is 5.11 Å². The Kier molecular flexibility index (Phi) is 5.61. The van der Waals surface area contributed by atoms with Crippen molar-refractivity contribution in [3.8, 4) is 0 Å². The van der Waals surface area contributed by atoms with Crippen molar-refractivity contribution in [2.75, 3.05) is 6.54 Å². The molecular weight excluding hydrogens is 206 g/mol. The third-order valence-corrected chi connectivity index (χ3v) is 2.76. The number of rotatable bonds is 6. The second-order valence-electron chi connectivity index (χ2n) is 4.12. The monoisotopic (exact) mass is 225 g/mol. The minimum Gasteiger partial charge on any atom is -0.481 e. The lowest BCUT2D eigenvalue weighted by molar-refractivity contribution is -0.137. The first kappa shape index (κ1) is 12.7. The van der Waals surface area contributed by atoms with Gasteiger partial charge in [0.05, 0.1) is 0 Å². The Morgan fingerprint density at radius 2 is 2.12 bits per heavy atom. The summed E-state index contributed by atoms with van der Waals surface area (Å²) in [5, 5.41) is 11.3. The Bertz CT molecular complexity index is 273. The van der Waals surface area contributed by atoms with Gasteiger partial charge < -0.3 is 10.4 Å². The van der Waals surface area contributed by atoms with Gasteiger partial charge in [-0.3, -0.25) is 9.59 Å². The number of aliphatic carboxylic acids is 1. The predicted octanol–water partition coefficient (Wildman–Crippen LogP) is 1.71. The van der Waals surface area contributed by atoms with Crippen LogP contribution in [0.25, 0.3) is 0 Å². The molecule has 0 saturated carbocycles. The average molecular weight is 225 g/mol. The summed E-state index contributed by atoms with van der Waals surface area (Å²) in [5.41, 5.74) is 0. The molecule has 0 spiro atoms. The summed E-state index contributed by atoms with van der Waals surface area (Å²) in [4.78, 5) is 21.9. The molecule has 0 heterocycles. The van der Waals surface area contributed by atoms with Gasteiger partial charge in [0.25, 0.3) is 0 Å². The van der Waals surface area contributed by atoms with Crippen LogP contribution < -0.4 is 5.32 Å². The van der Waals surface area contributed by atoms with E-state index in [0.29, 0.717) is 13.0 Å². The van der Waals surface area contributed by atoms with Crippen molar-refractivity contribution >= 4 is 11.9 Å². The zero-order valence-corrected chi connectivity index (χ0v) is 9.45. The molecule has 0 aromatic carbocycles. The van der Waals surface area contributed by atoms with Crippen LogP contribution in [0.4, 0.5) is 0 Å². The maximum Gasteiger partial charge on any atom is 0.303 e. The van der Waals surface area contributed by atoms with Crippen LogP contribution in [0.1, 0.15) is 38.5 Å². The molecule has 2 N–H and O–H groups in total. The van der Waals surface area contributed by atoms with E-state index in [1.165, 1.54) is 0 Å². The highest BCUT2D eigenvalue weighted by molar-refractivity contribution is 5.78. The molecule has 90 valence electrons. The number of carbonyl (C=O) groups excluding carboxylic acids is 1. The fourth-order valence-electron chi connectivity index (χ4n) is 1.79. The number of nitrogens with one attached hydrogen (secondary N) is 1. The SMILES string of the molecule is O=C(O)CCCCNC(=O)[C@H]1CC=CCC1. The van der Waals surface area contributed by atoms with Crippen molar-refractivity contribution in [1.82, 2.24) is 5.32 Å². The fourth-order valence-corrected chi connectivity index (χ4v) is 1.79. The van der Waals surface area contributed by atoms with Gasteiger partial charge >= 0.3 is 5.97 Å². The molecule has 0 fully saturated rings. The molecule has 1 rings (SSSR count). The first-order valence-corrected chi connectivity index (χ1v) is 5.84. The molecule has 1 atom stereocenters. The Labute approximate surface area is 95.7 Å². The third-order valence-electron chi connectivity index (χ3n) is 2.76. The highest BCUT2D eigenvalue weighted by Crippen LogP contribution is 2.17. The van der Waals surface area contributed by atoms with Crippen molar-refractivity contribution in [2.45, 2.75) is 38.5 Å². The van der Waals surface area contributed by atoms with Gasteiger partial charge in [-0.2, -0.15) is 0 Å². The highest BCUT2D eigenvalue weighted by atomic mass is 16.4. The van der Waals surface area contributed by atoms with Crippen LogP contribution >= 0.6 is 0 Å². The number of unbranched alkanes of at least 4 members (excludes halogenated alkanes) is 1. The summed E-state index contributed by atoms with van der Waals surface area (Å²) in [7, 11) is 0. The molecule has 4 nitrogen and oxygen atoms in total. The van der Waals surface area contributed by atoms with E-state index in [9.17, 15) is 9.59 Å². The second kappa shape index (κ2) is 7.04. The number of allylic oxidation sites excluding steroid dienone is 2. The van der Waals surface area contributed by atoms with Gasteiger partial charge in [0.1, 0.15) is 0 Å². The summed E-state index contributed by atoms with van der Waals surface area (Å²) in [6.45, 7) is 0.590. The van der Waals surface area contributed by atoms with Crippen LogP contribution in [0.5, 0.6) is 0 Å². The van der Waals surface area contributed by atoms with Crippen molar-refractivity contribution in [3.63, 3.8) is 0 Å². The normalized spacial score (nSPS) is 19.4. The maximum absolute atomic E-state index is 11.6. The number of carboxylic acids is 1.